The van der Waals surface area contributed by atoms with Gasteiger partial charge in [0.1, 0.15) is 0 Å². The second-order valence-electron chi connectivity index (χ2n) is 9.14. The Kier molecular flexibility index (Phi) is 7.81. The van der Waals surface area contributed by atoms with Crippen LogP contribution >= 0.6 is 38.9 Å². The highest BCUT2D eigenvalue weighted by atomic mass is 79.9. The van der Waals surface area contributed by atoms with E-state index in [1.54, 1.807) is 11.3 Å². The molecule has 1 amide bonds. The lowest BCUT2D eigenvalue weighted by molar-refractivity contribution is 0.0976. The first-order valence-electron chi connectivity index (χ1n) is 12.1. The molecule has 2 atom stereocenters. The van der Waals surface area contributed by atoms with Crippen molar-refractivity contribution >= 4 is 60.8 Å². The van der Waals surface area contributed by atoms with E-state index in [2.05, 4.69) is 98.5 Å². The van der Waals surface area contributed by atoms with Gasteiger partial charge in [0, 0.05) is 25.7 Å². The van der Waals surface area contributed by atoms with Gasteiger partial charge in [-0.3, -0.25) is 15.5 Å². The van der Waals surface area contributed by atoms with Crippen molar-refractivity contribution in [2.75, 3.05) is 0 Å². The molecule has 1 aromatic heterocycles. The molecule has 1 unspecified atom stereocenters. The summed E-state index contributed by atoms with van der Waals surface area (Å²) in [5, 5.41) is 10.9. The molecule has 1 aliphatic rings. The minimum absolute atomic E-state index is 0.133. The van der Waals surface area contributed by atoms with Gasteiger partial charge in [-0.25, -0.2) is 5.53 Å². The van der Waals surface area contributed by atoms with E-state index >= 15 is 0 Å². The SMILES string of the molecule is CCC[C@H](c1ccc(C(=O)NC2=NNNN2)cc1)C(c1ccc(Cl)cc1)c1csc2c(Br)cc(C)cc12. The van der Waals surface area contributed by atoms with Gasteiger partial charge in [0.25, 0.3) is 5.91 Å². The number of hydrogen-bond acceptors (Lipinski definition) is 6. The number of carbonyl (C=O) groups is 1. The zero-order chi connectivity index (χ0) is 25.9. The second-order valence-corrected chi connectivity index (χ2v) is 11.3. The molecule has 3 aromatic carbocycles. The van der Waals surface area contributed by atoms with Gasteiger partial charge in [0.15, 0.2) is 0 Å². The van der Waals surface area contributed by atoms with Crippen LogP contribution in [0.2, 0.25) is 5.02 Å². The molecule has 9 heteroatoms. The summed E-state index contributed by atoms with van der Waals surface area (Å²) in [6.45, 7) is 4.35. The smallest absolute Gasteiger partial charge is 0.258 e. The van der Waals surface area contributed by atoms with Gasteiger partial charge >= 0.3 is 0 Å². The van der Waals surface area contributed by atoms with Crippen molar-refractivity contribution in [1.29, 1.82) is 0 Å². The quantitative estimate of drug-likeness (QED) is 0.186. The first-order chi connectivity index (χ1) is 17.9. The number of hydrogen-bond donors (Lipinski definition) is 4. The summed E-state index contributed by atoms with van der Waals surface area (Å²) in [6.07, 6.45) is 2.04. The normalized spacial score (nSPS) is 14.5. The summed E-state index contributed by atoms with van der Waals surface area (Å²) >= 11 is 11.8. The van der Waals surface area contributed by atoms with Crippen LogP contribution in [-0.2, 0) is 0 Å². The van der Waals surface area contributed by atoms with Crippen molar-refractivity contribution in [3.63, 3.8) is 0 Å². The van der Waals surface area contributed by atoms with Crippen LogP contribution in [0.1, 0.15) is 64.2 Å². The van der Waals surface area contributed by atoms with Crippen molar-refractivity contribution in [3.8, 4) is 0 Å². The molecule has 0 saturated carbocycles. The molecule has 0 spiro atoms. The third kappa shape index (κ3) is 5.52. The molecule has 4 aromatic rings. The van der Waals surface area contributed by atoms with E-state index in [0.717, 1.165) is 22.3 Å². The van der Waals surface area contributed by atoms with Gasteiger partial charge < -0.3 is 0 Å². The number of nitrogens with one attached hydrogen (secondary N) is 4. The maximum Gasteiger partial charge on any atom is 0.258 e. The minimum atomic E-state index is -0.228. The maximum atomic E-state index is 12.7. The van der Waals surface area contributed by atoms with Crippen LogP contribution in [0.5, 0.6) is 0 Å². The number of hydrazone groups is 1. The Morgan fingerprint density at radius 1 is 1.11 bits per heavy atom. The summed E-state index contributed by atoms with van der Waals surface area (Å²) in [4.78, 5) is 12.7. The van der Waals surface area contributed by atoms with Crippen molar-refractivity contribution in [1.82, 2.24) is 21.8 Å². The molecule has 0 fully saturated rings. The fraction of sp³-hybridized carbons (Fsp3) is 0.214. The molecule has 6 nitrogen and oxygen atoms in total. The van der Waals surface area contributed by atoms with Crippen LogP contribution in [-0.4, -0.2) is 11.9 Å². The van der Waals surface area contributed by atoms with E-state index in [9.17, 15) is 4.79 Å². The number of guanidine groups is 1. The number of fused-ring (bicyclic) bond motifs is 1. The average Bonchev–Trinajstić information content (AvgIpc) is 3.55. The summed E-state index contributed by atoms with van der Waals surface area (Å²) in [7, 11) is 0. The average molecular weight is 597 g/mol. The third-order valence-corrected chi connectivity index (χ3v) is 8.79. The van der Waals surface area contributed by atoms with Crippen LogP contribution in [0.3, 0.4) is 0 Å². The Labute approximate surface area is 233 Å². The number of halogens is 2. The number of aryl methyl sites for hydroxylation is 1. The van der Waals surface area contributed by atoms with Crippen LogP contribution in [0.25, 0.3) is 10.1 Å². The number of thiophene rings is 1. The van der Waals surface area contributed by atoms with E-state index in [1.807, 2.05) is 24.3 Å². The zero-order valence-corrected chi connectivity index (χ0v) is 23.6. The fourth-order valence-electron chi connectivity index (χ4n) is 4.94. The molecular weight excluding hydrogens is 570 g/mol. The Morgan fingerprint density at radius 2 is 1.84 bits per heavy atom. The van der Waals surface area contributed by atoms with Gasteiger partial charge in [0.05, 0.1) is 0 Å². The Bertz CT molecular complexity index is 1450. The van der Waals surface area contributed by atoms with Crippen molar-refractivity contribution in [2.45, 2.75) is 38.5 Å². The Balaban J connectivity index is 1.56. The summed E-state index contributed by atoms with van der Waals surface area (Å²) in [5.74, 6) is 0.448. The molecule has 37 heavy (non-hydrogen) atoms. The minimum Gasteiger partial charge on any atom is -0.290 e. The molecule has 1 aliphatic heterocycles. The number of nitrogens with zero attached hydrogens (tertiary/aromatic N) is 1. The molecule has 4 N–H and O–H groups in total. The topological polar surface area (TPSA) is 77.5 Å². The lowest BCUT2D eigenvalue weighted by Crippen LogP contribution is -2.43. The maximum absolute atomic E-state index is 12.7. The first-order valence-corrected chi connectivity index (χ1v) is 14.2. The van der Waals surface area contributed by atoms with E-state index < -0.39 is 0 Å². The largest absolute Gasteiger partial charge is 0.290 e. The molecule has 190 valence electrons. The standard InChI is InChI=1S/C28H27BrClN5OS/c1-3-4-21(17-5-7-19(8-6-17)27(36)31-28-32-34-35-33-28)25(18-9-11-20(30)12-10-18)23-15-37-26-22(23)13-16(2)14-24(26)29/h5-15,21,25,34-35H,3-4H2,1-2H3,(H2,31,32,33,36)/t21-,25?/m1/s1. The highest BCUT2D eigenvalue weighted by Crippen LogP contribution is 2.47. The van der Waals surface area contributed by atoms with Gasteiger partial charge in [-0.15, -0.1) is 22.0 Å². The number of hydrazine groups is 2. The predicted molar refractivity (Wildman–Crippen MR) is 156 cm³/mol. The van der Waals surface area contributed by atoms with Crippen LogP contribution in [0.15, 0.2) is 75.6 Å². The van der Waals surface area contributed by atoms with Gasteiger partial charge in [0.2, 0.25) is 5.96 Å². The lowest BCUT2D eigenvalue weighted by atomic mass is 9.75. The van der Waals surface area contributed by atoms with Crippen LogP contribution < -0.4 is 21.8 Å². The number of rotatable bonds is 7. The summed E-state index contributed by atoms with van der Waals surface area (Å²) in [5.41, 5.74) is 13.4. The monoisotopic (exact) mass is 595 g/mol. The molecule has 2 heterocycles. The summed E-state index contributed by atoms with van der Waals surface area (Å²) in [6, 6.07) is 20.6. The predicted octanol–water partition coefficient (Wildman–Crippen LogP) is 6.95. The lowest BCUT2D eigenvalue weighted by Gasteiger charge is -2.29. The molecule has 0 bridgehead atoms. The number of amides is 1. The molecule has 0 radical (unpaired) electrons. The van der Waals surface area contributed by atoms with Crippen molar-refractivity contribution in [3.05, 3.63) is 103 Å². The van der Waals surface area contributed by atoms with Crippen molar-refractivity contribution in [2.24, 2.45) is 5.10 Å². The Morgan fingerprint density at radius 3 is 2.51 bits per heavy atom. The van der Waals surface area contributed by atoms with E-state index in [0.29, 0.717) is 11.5 Å². The van der Waals surface area contributed by atoms with Crippen LogP contribution in [0, 0.1) is 6.92 Å². The molecule has 0 saturated heterocycles. The highest BCUT2D eigenvalue weighted by molar-refractivity contribution is 9.10. The van der Waals surface area contributed by atoms with E-state index in [1.165, 1.54) is 32.3 Å². The fourth-order valence-corrected chi connectivity index (χ4v) is 6.92. The number of carbonyl (C=O) groups excluding carboxylic acids is 1. The van der Waals surface area contributed by atoms with Crippen molar-refractivity contribution < 1.29 is 4.79 Å². The van der Waals surface area contributed by atoms with Crippen LogP contribution in [0.4, 0.5) is 0 Å². The third-order valence-electron chi connectivity index (χ3n) is 6.61. The highest BCUT2D eigenvalue weighted by Gasteiger charge is 2.29. The van der Waals surface area contributed by atoms with Gasteiger partial charge in [-0.05, 0) is 98.5 Å². The van der Waals surface area contributed by atoms with E-state index in [4.69, 9.17) is 11.6 Å². The van der Waals surface area contributed by atoms with Gasteiger partial charge in [-0.2, -0.15) is 0 Å². The summed E-state index contributed by atoms with van der Waals surface area (Å²) < 4.78 is 2.39. The Hall–Kier alpha value is -2.91. The zero-order valence-electron chi connectivity index (χ0n) is 20.4. The molecule has 0 aliphatic carbocycles. The second kappa shape index (κ2) is 11.2. The molecule has 5 rings (SSSR count). The van der Waals surface area contributed by atoms with Gasteiger partial charge in [-0.1, -0.05) is 55.3 Å². The van der Waals surface area contributed by atoms with E-state index in [-0.39, 0.29) is 17.7 Å². The number of benzene rings is 3. The first kappa shape index (κ1) is 25.7. The molecular formula is C28H27BrClN5OS.